The number of fused-ring (bicyclic) bond motifs is 1. The van der Waals surface area contributed by atoms with E-state index in [2.05, 4.69) is 4.98 Å². The molecule has 0 spiro atoms. The van der Waals surface area contributed by atoms with E-state index in [1.54, 1.807) is 6.92 Å². The molecule has 3 rings (SSSR count). The third-order valence-corrected chi connectivity index (χ3v) is 4.63. The van der Waals surface area contributed by atoms with Crippen LogP contribution in [0, 0.1) is 18.6 Å². The van der Waals surface area contributed by atoms with Crippen molar-refractivity contribution in [1.82, 2.24) is 4.98 Å². The number of nitrogens with zero attached hydrogens (tertiary/aromatic N) is 1. The van der Waals surface area contributed by atoms with Crippen LogP contribution in [0.25, 0.3) is 0 Å². The van der Waals surface area contributed by atoms with Gasteiger partial charge in [-0.05, 0) is 37.6 Å². The standard InChI is InChI=1S/C20H14F5NO2/c1-3-11-12(8-10-4-5-13(9(2)26-10)20(23,24)25)19(28)17-15(22)7-6-14(21)16(17)18(11)27/h4-7H,3,8H2,1-2H3. The van der Waals surface area contributed by atoms with Gasteiger partial charge in [0, 0.05) is 29.0 Å². The van der Waals surface area contributed by atoms with E-state index in [1.807, 2.05) is 0 Å². The summed E-state index contributed by atoms with van der Waals surface area (Å²) in [7, 11) is 0. The number of benzene rings is 1. The number of carbonyl (C=O) groups is 2. The average molecular weight is 395 g/mol. The molecule has 1 heterocycles. The SMILES string of the molecule is CCC1=C(Cc2ccc(C(F)(F)F)c(C)n2)C(=O)c2c(F)ccc(F)c2C1=O. The number of hydrogen-bond donors (Lipinski definition) is 0. The molecule has 0 amide bonds. The van der Waals surface area contributed by atoms with E-state index in [4.69, 9.17) is 0 Å². The number of halogens is 5. The lowest BCUT2D eigenvalue weighted by Crippen LogP contribution is -2.26. The Morgan fingerprint density at radius 3 is 1.89 bits per heavy atom. The van der Waals surface area contributed by atoms with Gasteiger partial charge in [0.2, 0.25) is 0 Å². The summed E-state index contributed by atoms with van der Waals surface area (Å²) >= 11 is 0. The Balaban J connectivity index is 2.09. The molecule has 1 aliphatic rings. The number of carbonyl (C=O) groups excluding carboxylic acids is 2. The molecular formula is C20H14F5NO2. The van der Waals surface area contributed by atoms with E-state index in [0.29, 0.717) is 0 Å². The maximum absolute atomic E-state index is 14.2. The lowest BCUT2D eigenvalue weighted by Gasteiger charge is -2.21. The number of aromatic nitrogens is 1. The summed E-state index contributed by atoms with van der Waals surface area (Å²) in [5, 5.41) is 0. The molecular weight excluding hydrogens is 381 g/mol. The van der Waals surface area contributed by atoms with E-state index in [0.717, 1.165) is 24.3 Å². The summed E-state index contributed by atoms with van der Waals surface area (Å²) < 4.78 is 66.9. The van der Waals surface area contributed by atoms with E-state index in [-0.39, 0.29) is 35.4 Å². The summed E-state index contributed by atoms with van der Waals surface area (Å²) in [5.74, 6) is -3.68. The molecule has 1 aromatic heterocycles. The molecule has 0 unspecified atom stereocenters. The number of alkyl halides is 3. The second kappa shape index (κ2) is 6.92. The molecule has 0 saturated carbocycles. The molecule has 146 valence electrons. The van der Waals surface area contributed by atoms with Crippen molar-refractivity contribution < 1.29 is 31.5 Å². The Morgan fingerprint density at radius 2 is 1.43 bits per heavy atom. The smallest absolute Gasteiger partial charge is 0.289 e. The van der Waals surface area contributed by atoms with Crippen molar-refractivity contribution in [2.45, 2.75) is 32.9 Å². The highest BCUT2D eigenvalue weighted by Gasteiger charge is 2.36. The fourth-order valence-corrected chi connectivity index (χ4v) is 3.32. The van der Waals surface area contributed by atoms with Crippen molar-refractivity contribution in [2.24, 2.45) is 0 Å². The molecule has 0 radical (unpaired) electrons. The largest absolute Gasteiger partial charge is 0.418 e. The highest BCUT2D eigenvalue weighted by molar-refractivity contribution is 6.27. The minimum Gasteiger partial charge on any atom is -0.289 e. The van der Waals surface area contributed by atoms with Crippen molar-refractivity contribution in [3.8, 4) is 0 Å². The van der Waals surface area contributed by atoms with E-state index >= 15 is 0 Å². The summed E-state index contributed by atoms with van der Waals surface area (Å²) in [5.41, 5.74) is -2.42. The van der Waals surface area contributed by atoms with Gasteiger partial charge in [-0.15, -0.1) is 0 Å². The number of aryl methyl sites for hydroxylation is 1. The van der Waals surface area contributed by atoms with E-state index in [9.17, 15) is 31.5 Å². The van der Waals surface area contributed by atoms with Crippen LogP contribution in [0.3, 0.4) is 0 Å². The van der Waals surface area contributed by atoms with Gasteiger partial charge >= 0.3 is 6.18 Å². The van der Waals surface area contributed by atoms with E-state index < -0.39 is 46.1 Å². The van der Waals surface area contributed by atoms with Gasteiger partial charge in [0.25, 0.3) is 0 Å². The van der Waals surface area contributed by atoms with Crippen molar-refractivity contribution >= 4 is 11.6 Å². The molecule has 0 atom stereocenters. The van der Waals surface area contributed by atoms with Crippen LogP contribution in [-0.4, -0.2) is 16.6 Å². The number of ketones is 2. The van der Waals surface area contributed by atoms with Crippen molar-refractivity contribution in [3.63, 3.8) is 0 Å². The molecule has 0 fully saturated rings. The van der Waals surface area contributed by atoms with Gasteiger partial charge < -0.3 is 0 Å². The van der Waals surface area contributed by atoms with E-state index in [1.165, 1.54) is 6.92 Å². The van der Waals surface area contributed by atoms with Crippen LogP contribution in [0.2, 0.25) is 0 Å². The van der Waals surface area contributed by atoms with Gasteiger partial charge in [-0.1, -0.05) is 6.92 Å². The zero-order valence-corrected chi connectivity index (χ0v) is 14.9. The topological polar surface area (TPSA) is 47.0 Å². The fourth-order valence-electron chi connectivity index (χ4n) is 3.32. The van der Waals surface area contributed by atoms with Crippen LogP contribution in [-0.2, 0) is 12.6 Å². The normalized spacial score (nSPS) is 14.5. The van der Waals surface area contributed by atoms with Crippen molar-refractivity contribution in [3.05, 3.63) is 75.1 Å². The highest BCUT2D eigenvalue weighted by Crippen LogP contribution is 2.34. The molecule has 0 bridgehead atoms. The first-order valence-corrected chi connectivity index (χ1v) is 8.39. The molecule has 8 heteroatoms. The molecule has 1 aliphatic carbocycles. The van der Waals surface area contributed by atoms with Gasteiger partial charge in [-0.25, -0.2) is 8.78 Å². The van der Waals surface area contributed by atoms with Crippen LogP contribution < -0.4 is 0 Å². The van der Waals surface area contributed by atoms with Gasteiger partial charge in [0.05, 0.1) is 16.7 Å². The van der Waals surface area contributed by atoms with Crippen molar-refractivity contribution in [2.75, 3.05) is 0 Å². The Kier molecular flexibility index (Phi) is 4.91. The lowest BCUT2D eigenvalue weighted by molar-refractivity contribution is -0.138. The van der Waals surface area contributed by atoms with Gasteiger partial charge in [0.15, 0.2) is 11.6 Å². The quantitative estimate of drug-likeness (QED) is 0.686. The molecule has 28 heavy (non-hydrogen) atoms. The third kappa shape index (κ3) is 3.23. The first-order chi connectivity index (χ1) is 13.1. The van der Waals surface area contributed by atoms with Gasteiger partial charge in [-0.2, -0.15) is 13.2 Å². The van der Waals surface area contributed by atoms with Crippen LogP contribution in [0.1, 0.15) is 51.0 Å². The first-order valence-electron chi connectivity index (χ1n) is 8.39. The summed E-state index contributed by atoms with van der Waals surface area (Å²) in [4.78, 5) is 29.3. The molecule has 0 saturated heterocycles. The summed E-state index contributed by atoms with van der Waals surface area (Å²) in [6, 6.07) is 3.48. The van der Waals surface area contributed by atoms with Crippen LogP contribution in [0.15, 0.2) is 35.4 Å². The van der Waals surface area contributed by atoms with Crippen molar-refractivity contribution in [1.29, 1.82) is 0 Å². The monoisotopic (exact) mass is 395 g/mol. The number of rotatable bonds is 3. The zero-order valence-electron chi connectivity index (χ0n) is 14.9. The average Bonchev–Trinajstić information content (AvgIpc) is 2.60. The minimum atomic E-state index is -4.57. The Bertz CT molecular complexity index is 1040. The third-order valence-electron chi connectivity index (χ3n) is 4.63. The number of pyridine rings is 1. The predicted molar refractivity (Wildman–Crippen MR) is 90.0 cm³/mol. The molecule has 0 aliphatic heterocycles. The second-order valence-electron chi connectivity index (χ2n) is 6.36. The highest BCUT2D eigenvalue weighted by atomic mass is 19.4. The summed E-state index contributed by atoms with van der Waals surface area (Å²) in [6.45, 7) is 2.76. The Hall–Kier alpha value is -2.90. The van der Waals surface area contributed by atoms with Crippen LogP contribution >= 0.6 is 0 Å². The van der Waals surface area contributed by atoms with Crippen LogP contribution in [0.4, 0.5) is 22.0 Å². The maximum atomic E-state index is 14.2. The summed E-state index contributed by atoms with van der Waals surface area (Å²) in [6.07, 6.45) is -4.75. The second-order valence-corrected chi connectivity index (χ2v) is 6.36. The zero-order chi connectivity index (χ0) is 20.8. The van der Waals surface area contributed by atoms with Gasteiger partial charge in [0.1, 0.15) is 11.6 Å². The molecule has 0 N–H and O–H groups in total. The fraction of sp³-hybridized carbons (Fsp3) is 0.250. The van der Waals surface area contributed by atoms with Crippen LogP contribution in [0.5, 0.6) is 0 Å². The minimum absolute atomic E-state index is 0.00125. The Morgan fingerprint density at radius 1 is 0.893 bits per heavy atom. The molecule has 2 aromatic rings. The molecule has 3 nitrogen and oxygen atoms in total. The maximum Gasteiger partial charge on any atom is 0.418 e. The predicted octanol–water partition coefficient (Wildman–Crippen LogP) is 5.02. The first kappa shape index (κ1) is 19.9. The van der Waals surface area contributed by atoms with Gasteiger partial charge in [-0.3, -0.25) is 14.6 Å². The number of hydrogen-bond acceptors (Lipinski definition) is 3. The number of Topliss-reactive ketones (excluding diaryl/α,β-unsaturated/α-hetero) is 2. The Labute approximate surface area is 156 Å². The molecule has 1 aromatic carbocycles. The lowest BCUT2D eigenvalue weighted by atomic mass is 9.80. The number of allylic oxidation sites excluding steroid dienone is 2.